The molecule has 0 heterocycles. The molecule has 0 aliphatic carbocycles. The molecular formula is C19H26O5. The van der Waals surface area contributed by atoms with E-state index in [1.54, 1.807) is 31.4 Å². The molecule has 0 atom stereocenters. The van der Waals surface area contributed by atoms with Gasteiger partial charge in [0.2, 0.25) is 0 Å². The molecule has 1 rings (SSSR count). The van der Waals surface area contributed by atoms with Crippen LogP contribution in [0.15, 0.2) is 29.8 Å². The van der Waals surface area contributed by atoms with Crippen molar-refractivity contribution in [3.8, 4) is 5.75 Å². The predicted octanol–water partition coefficient (Wildman–Crippen LogP) is 3.48. The predicted molar refractivity (Wildman–Crippen MR) is 92.6 cm³/mol. The third-order valence-electron chi connectivity index (χ3n) is 2.96. The van der Waals surface area contributed by atoms with Crippen molar-refractivity contribution in [1.82, 2.24) is 0 Å². The number of ether oxygens (including phenoxy) is 3. The summed E-state index contributed by atoms with van der Waals surface area (Å²) in [6.07, 6.45) is 1.48. The van der Waals surface area contributed by atoms with Crippen LogP contribution in [0.3, 0.4) is 0 Å². The number of hydrogen-bond acceptors (Lipinski definition) is 5. The van der Waals surface area contributed by atoms with E-state index in [0.29, 0.717) is 11.3 Å². The van der Waals surface area contributed by atoms with Crippen LogP contribution in [0.4, 0.5) is 0 Å². The summed E-state index contributed by atoms with van der Waals surface area (Å²) in [6, 6.07) is 7.01. The van der Waals surface area contributed by atoms with Gasteiger partial charge in [-0.1, -0.05) is 39.8 Å². The Hall–Kier alpha value is -2.30. The lowest BCUT2D eigenvalue weighted by Gasteiger charge is -2.11. The molecule has 0 saturated heterocycles. The molecule has 0 amide bonds. The van der Waals surface area contributed by atoms with Crippen molar-refractivity contribution in [2.45, 2.75) is 27.7 Å². The number of carbonyl (C=O) groups is 2. The fourth-order valence-corrected chi connectivity index (χ4v) is 1.71. The first-order chi connectivity index (χ1) is 11.3. The Morgan fingerprint density at radius 1 is 0.917 bits per heavy atom. The first-order valence-corrected chi connectivity index (χ1v) is 8.03. The standard InChI is InChI=1S/C19H26O5/c1-13(2)11-23-18(20)17(19(21)24-12-14(3)4)10-15-6-8-16(22-5)9-7-15/h6-10,13-14H,11-12H2,1-5H3. The Bertz CT molecular complexity index is 544. The van der Waals surface area contributed by atoms with E-state index in [4.69, 9.17) is 14.2 Å². The summed E-state index contributed by atoms with van der Waals surface area (Å²) >= 11 is 0. The Labute approximate surface area is 143 Å². The minimum absolute atomic E-state index is 0.110. The first kappa shape index (κ1) is 19.7. The molecule has 0 fully saturated rings. The van der Waals surface area contributed by atoms with E-state index in [0.717, 1.165) is 0 Å². The maximum absolute atomic E-state index is 12.2. The summed E-state index contributed by atoms with van der Waals surface area (Å²) in [4.78, 5) is 24.5. The Morgan fingerprint density at radius 2 is 1.38 bits per heavy atom. The molecule has 0 N–H and O–H groups in total. The SMILES string of the molecule is COc1ccc(C=C(C(=O)OCC(C)C)C(=O)OCC(C)C)cc1. The summed E-state index contributed by atoms with van der Waals surface area (Å²) in [5.41, 5.74) is 0.579. The van der Waals surface area contributed by atoms with E-state index in [9.17, 15) is 9.59 Å². The van der Waals surface area contributed by atoms with Crippen LogP contribution in [0.1, 0.15) is 33.3 Å². The zero-order valence-corrected chi connectivity index (χ0v) is 15.0. The van der Waals surface area contributed by atoms with Crippen LogP contribution in [0.2, 0.25) is 0 Å². The molecule has 5 nitrogen and oxygen atoms in total. The molecule has 0 bridgehead atoms. The molecule has 0 aliphatic rings. The molecule has 1 aromatic rings. The van der Waals surface area contributed by atoms with Crippen LogP contribution >= 0.6 is 0 Å². The van der Waals surface area contributed by atoms with Crippen molar-refractivity contribution in [3.63, 3.8) is 0 Å². The van der Waals surface area contributed by atoms with Gasteiger partial charge in [0.25, 0.3) is 0 Å². The van der Waals surface area contributed by atoms with Crippen LogP contribution in [-0.2, 0) is 19.1 Å². The number of hydrogen-bond donors (Lipinski definition) is 0. The fourth-order valence-electron chi connectivity index (χ4n) is 1.71. The summed E-state index contributed by atoms with van der Waals surface area (Å²) < 4.78 is 15.5. The van der Waals surface area contributed by atoms with Gasteiger partial charge in [0.05, 0.1) is 20.3 Å². The molecule has 0 aromatic heterocycles. The zero-order valence-electron chi connectivity index (χ0n) is 15.0. The van der Waals surface area contributed by atoms with Gasteiger partial charge in [0, 0.05) is 0 Å². The van der Waals surface area contributed by atoms with E-state index >= 15 is 0 Å². The van der Waals surface area contributed by atoms with E-state index in [-0.39, 0.29) is 30.6 Å². The molecule has 132 valence electrons. The average molecular weight is 334 g/mol. The van der Waals surface area contributed by atoms with Crippen LogP contribution in [0.25, 0.3) is 6.08 Å². The Balaban J connectivity index is 2.99. The van der Waals surface area contributed by atoms with Crippen LogP contribution in [-0.4, -0.2) is 32.3 Å². The van der Waals surface area contributed by atoms with Gasteiger partial charge in [0.1, 0.15) is 11.3 Å². The molecule has 5 heteroatoms. The lowest BCUT2D eigenvalue weighted by Crippen LogP contribution is -2.21. The summed E-state index contributed by atoms with van der Waals surface area (Å²) in [5, 5.41) is 0. The maximum atomic E-state index is 12.2. The average Bonchev–Trinajstić information content (AvgIpc) is 2.55. The maximum Gasteiger partial charge on any atom is 0.345 e. The third-order valence-corrected chi connectivity index (χ3v) is 2.96. The van der Waals surface area contributed by atoms with Crippen molar-refractivity contribution in [3.05, 3.63) is 35.4 Å². The highest BCUT2D eigenvalue weighted by atomic mass is 16.6. The smallest absolute Gasteiger partial charge is 0.345 e. The van der Waals surface area contributed by atoms with E-state index in [1.165, 1.54) is 6.08 Å². The van der Waals surface area contributed by atoms with Gasteiger partial charge in [-0.15, -0.1) is 0 Å². The third kappa shape index (κ3) is 6.86. The largest absolute Gasteiger partial charge is 0.497 e. The fraction of sp³-hybridized carbons (Fsp3) is 0.474. The first-order valence-electron chi connectivity index (χ1n) is 8.03. The Kier molecular flexibility index (Phi) is 8.02. The highest BCUT2D eigenvalue weighted by Crippen LogP contribution is 2.16. The van der Waals surface area contributed by atoms with Gasteiger partial charge in [0.15, 0.2) is 0 Å². The molecule has 1 aromatic carbocycles. The van der Waals surface area contributed by atoms with E-state index in [2.05, 4.69) is 0 Å². The topological polar surface area (TPSA) is 61.8 Å². The quantitative estimate of drug-likeness (QED) is 0.315. The second-order valence-electron chi connectivity index (χ2n) is 6.32. The van der Waals surface area contributed by atoms with Crippen molar-refractivity contribution < 1.29 is 23.8 Å². The molecule has 0 radical (unpaired) electrons. The highest BCUT2D eigenvalue weighted by molar-refractivity contribution is 6.17. The summed E-state index contributed by atoms with van der Waals surface area (Å²) in [5.74, 6) is -0.286. The molecule has 0 saturated carbocycles. The second kappa shape index (κ2) is 9.75. The normalized spacial score (nSPS) is 10.5. The molecular weight excluding hydrogens is 308 g/mol. The van der Waals surface area contributed by atoms with Crippen LogP contribution in [0, 0.1) is 11.8 Å². The molecule has 0 aliphatic heterocycles. The van der Waals surface area contributed by atoms with Crippen LogP contribution in [0.5, 0.6) is 5.75 Å². The number of carbonyl (C=O) groups excluding carboxylic acids is 2. The number of benzene rings is 1. The number of rotatable bonds is 8. The zero-order chi connectivity index (χ0) is 18.1. The van der Waals surface area contributed by atoms with Crippen molar-refractivity contribution in [2.75, 3.05) is 20.3 Å². The molecule has 0 unspecified atom stereocenters. The van der Waals surface area contributed by atoms with Crippen molar-refractivity contribution in [2.24, 2.45) is 11.8 Å². The van der Waals surface area contributed by atoms with Gasteiger partial charge >= 0.3 is 11.9 Å². The lowest BCUT2D eigenvalue weighted by atomic mass is 10.1. The number of esters is 2. The monoisotopic (exact) mass is 334 g/mol. The molecule has 0 spiro atoms. The Morgan fingerprint density at radius 3 is 1.75 bits per heavy atom. The summed E-state index contributed by atoms with van der Waals surface area (Å²) in [6.45, 7) is 8.20. The minimum Gasteiger partial charge on any atom is -0.497 e. The van der Waals surface area contributed by atoms with Crippen molar-refractivity contribution >= 4 is 18.0 Å². The van der Waals surface area contributed by atoms with Gasteiger partial charge in [-0.25, -0.2) is 9.59 Å². The van der Waals surface area contributed by atoms with Gasteiger partial charge in [-0.3, -0.25) is 0 Å². The van der Waals surface area contributed by atoms with E-state index in [1.807, 2.05) is 27.7 Å². The summed E-state index contributed by atoms with van der Waals surface area (Å²) in [7, 11) is 1.57. The molecule has 24 heavy (non-hydrogen) atoms. The van der Waals surface area contributed by atoms with Gasteiger partial charge in [-0.05, 0) is 35.6 Å². The van der Waals surface area contributed by atoms with Gasteiger partial charge in [-0.2, -0.15) is 0 Å². The second-order valence-corrected chi connectivity index (χ2v) is 6.32. The van der Waals surface area contributed by atoms with Gasteiger partial charge < -0.3 is 14.2 Å². The highest BCUT2D eigenvalue weighted by Gasteiger charge is 2.22. The number of methoxy groups -OCH3 is 1. The lowest BCUT2D eigenvalue weighted by molar-refractivity contribution is -0.148. The van der Waals surface area contributed by atoms with Crippen molar-refractivity contribution in [1.29, 1.82) is 0 Å². The van der Waals surface area contributed by atoms with E-state index < -0.39 is 11.9 Å². The minimum atomic E-state index is -0.673. The van der Waals surface area contributed by atoms with Crippen LogP contribution < -0.4 is 4.74 Å².